The molecule has 24 heavy (non-hydrogen) atoms. The number of fused-ring (bicyclic) bond motifs is 2. The summed E-state index contributed by atoms with van der Waals surface area (Å²) in [6, 6.07) is 15.1. The van der Waals surface area contributed by atoms with Crippen molar-refractivity contribution in [2.75, 3.05) is 6.61 Å². The second kappa shape index (κ2) is 5.17. The zero-order valence-electron chi connectivity index (χ0n) is 13.2. The summed E-state index contributed by atoms with van der Waals surface area (Å²) in [6.07, 6.45) is 0.509. The summed E-state index contributed by atoms with van der Waals surface area (Å²) >= 11 is 0. The van der Waals surface area contributed by atoms with Crippen LogP contribution in [0.1, 0.15) is 13.3 Å². The standard InChI is InChI=1S/C17H17O6Si/c1-13(18)19-11-6-12-24(20-14-7-2-3-8-15(14)21-24)22-16-9-4-5-10-17(16)23-24/h2-5,7-10H,6,11-12H2,1H3/q-1. The van der Waals surface area contributed by atoms with E-state index in [0.717, 1.165) is 0 Å². The average Bonchev–Trinajstić information content (AvgIpc) is 3.06. The molecule has 0 bridgehead atoms. The van der Waals surface area contributed by atoms with Gasteiger partial charge in [-0.1, -0.05) is 0 Å². The molecule has 0 fully saturated rings. The van der Waals surface area contributed by atoms with Crippen LogP contribution in [-0.2, 0) is 9.53 Å². The third-order valence-electron chi connectivity index (χ3n) is 3.96. The van der Waals surface area contributed by atoms with Crippen molar-refractivity contribution in [3.05, 3.63) is 48.5 Å². The first-order valence-corrected chi connectivity index (χ1v) is 10.2. The molecule has 0 atom stereocenters. The van der Waals surface area contributed by atoms with Gasteiger partial charge in [0.15, 0.2) is 0 Å². The number of carbonyl (C=O) groups excluding carboxylic acids is 1. The topological polar surface area (TPSA) is 63.2 Å². The first-order valence-electron chi connectivity index (χ1n) is 7.84. The second-order valence-corrected chi connectivity index (χ2v) is 9.29. The van der Waals surface area contributed by atoms with Crippen molar-refractivity contribution >= 4 is 14.3 Å². The van der Waals surface area contributed by atoms with E-state index in [1.807, 2.05) is 48.5 Å². The van der Waals surface area contributed by atoms with Gasteiger partial charge in [0.1, 0.15) is 0 Å². The minimum atomic E-state index is -4.18. The normalized spacial score (nSPS) is 19.5. The number of ether oxygens (including phenoxy) is 1. The van der Waals surface area contributed by atoms with Crippen LogP contribution in [0.5, 0.6) is 23.0 Å². The number of rotatable bonds is 4. The number of hydrogen-bond donors (Lipinski definition) is 0. The van der Waals surface area contributed by atoms with E-state index in [2.05, 4.69) is 0 Å². The molecule has 0 radical (unpaired) electrons. The van der Waals surface area contributed by atoms with Gasteiger partial charge >= 0.3 is 139 Å². The van der Waals surface area contributed by atoms with Crippen LogP contribution in [0.4, 0.5) is 0 Å². The third kappa shape index (κ3) is 2.37. The van der Waals surface area contributed by atoms with Crippen LogP contribution in [0.25, 0.3) is 0 Å². The number of carbonyl (C=O) groups is 1. The maximum atomic E-state index is 11.0. The molecule has 2 aromatic carbocycles. The fourth-order valence-electron chi connectivity index (χ4n) is 2.99. The molecule has 0 unspecified atom stereocenters. The Kier molecular flexibility index (Phi) is 3.21. The Morgan fingerprint density at radius 1 is 0.875 bits per heavy atom. The van der Waals surface area contributed by atoms with Crippen LogP contribution in [0.15, 0.2) is 48.5 Å². The van der Waals surface area contributed by atoms with Gasteiger partial charge in [-0.25, -0.2) is 0 Å². The van der Waals surface area contributed by atoms with Crippen molar-refractivity contribution < 1.29 is 27.2 Å². The monoisotopic (exact) mass is 345 g/mol. The number of hydrogen-bond acceptors (Lipinski definition) is 6. The van der Waals surface area contributed by atoms with Gasteiger partial charge < -0.3 is 0 Å². The Balaban J connectivity index is 1.64. The van der Waals surface area contributed by atoms with Crippen LogP contribution < -0.4 is 17.7 Å². The van der Waals surface area contributed by atoms with Crippen molar-refractivity contribution in [3.63, 3.8) is 0 Å². The van der Waals surface area contributed by atoms with E-state index < -0.39 is 8.33 Å². The molecular weight excluding hydrogens is 328 g/mol. The molecule has 6 nitrogen and oxygen atoms in total. The fourth-order valence-corrected chi connectivity index (χ4v) is 6.75. The molecule has 0 N–H and O–H groups in total. The Morgan fingerprint density at radius 3 is 1.67 bits per heavy atom. The summed E-state index contributed by atoms with van der Waals surface area (Å²) in [4.78, 5) is 11.0. The van der Waals surface area contributed by atoms with E-state index in [-0.39, 0.29) is 12.6 Å². The van der Waals surface area contributed by atoms with Gasteiger partial charge in [0.2, 0.25) is 0 Å². The quantitative estimate of drug-likeness (QED) is 0.481. The molecule has 2 heterocycles. The molecule has 0 saturated carbocycles. The predicted molar refractivity (Wildman–Crippen MR) is 87.2 cm³/mol. The number of para-hydroxylation sites is 4. The van der Waals surface area contributed by atoms with Gasteiger partial charge in [-0.2, -0.15) is 0 Å². The molecule has 4 rings (SSSR count). The molecule has 1 spiro atoms. The third-order valence-corrected chi connectivity index (χ3v) is 7.59. The molecule has 2 aromatic rings. The Bertz CT molecular complexity index is 692. The number of esters is 1. The molecule has 7 heteroatoms. The molecule has 2 aliphatic rings. The second-order valence-electron chi connectivity index (χ2n) is 5.82. The first-order chi connectivity index (χ1) is 11.6. The van der Waals surface area contributed by atoms with Gasteiger partial charge in [0.05, 0.1) is 0 Å². The predicted octanol–water partition coefficient (Wildman–Crippen LogP) is 3.27. The van der Waals surface area contributed by atoms with Crippen molar-refractivity contribution in [3.8, 4) is 23.0 Å². The Hall–Kier alpha value is -2.67. The molecular formula is C17H17O6Si-. The summed E-state index contributed by atoms with van der Waals surface area (Å²) in [5.41, 5.74) is 0. The van der Waals surface area contributed by atoms with Crippen molar-refractivity contribution in [2.45, 2.75) is 19.4 Å². The van der Waals surface area contributed by atoms with Crippen LogP contribution >= 0.6 is 0 Å². The fraction of sp³-hybridized carbons (Fsp3) is 0.235. The van der Waals surface area contributed by atoms with Crippen LogP contribution in [0.2, 0.25) is 6.04 Å². The summed E-state index contributed by atoms with van der Waals surface area (Å²) in [5.74, 6) is 2.09. The SMILES string of the molecule is CC(=O)OCCC[Si-]12(Oc3ccccc3O1)Oc1ccccc1O2. The van der Waals surface area contributed by atoms with Crippen molar-refractivity contribution in [1.29, 1.82) is 0 Å². The molecule has 2 aliphatic heterocycles. The minimum absolute atomic E-state index is 0.255. The Morgan fingerprint density at radius 2 is 1.29 bits per heavy atom. The van der Waals surface area contributed by atoms with Crippen LogP contribution in [0.3, 0.4) is 0 Å². The maximum absolute atomic E-state index is 11.0. The van der Waals surface area contributed by atoms with Crippen LogP contribution in [0, 0.1) is 0 Å². The Labute approximate surface area is 139 Å². The summed E-state index contributed by atoms with van der Waals surface area (Å²) in [5, 5.41) is 0. The summed E-state index contributed by atoms with van der Waals surface area (Å²) in [6.45, 7) is 1.63. The molecule has 126 valence electrons. The van der Waals surface area contributed by atoms with Crippen molar-refractivity contribution in [2.24, 2.45) is 0 Å². The molecule has 0 amide bonds. The van der Waals surface area contributed by atoms with Crippen molar-refractivity contribution in [1.82, 2.24) is 0 Å². The van der Waals surface area contributed by atoms with Crippen LogP contribution in [-0.4, -0.2) is 20.9 Å². The first kappa shape index (κ1) is 14.9. The zero-order valence-corrected chi connectivity index (χ0v) is 14.2. The van der Waals surface area contributed by atoms with E-state index in [0.29, 0.717) is 35.5 Å². The molecule has 0 aliphatic carbocycles. The zero-order chi connectivity index (χ0) is 16.6. The number of benzene rings is 2. The van der Waals surface area contributed by atoms with E-state index in [9.17, 15) is 4.79 Å². The van der Waals surface area contributed by atoms with E-state index in [1.165, 1.54) is 6.92 Å². The van der Waals surface area contributed by atoms with Gasteiger partial charge in [-0.3, -0.25) is 0 Å². The average molecular weight is 345 g/mol. The molecule has 0 aromatic heterocycles. The van der Waals surface area contributed by atoms with E-state index >= 15 is 0 Å². The summed E-state index contributed by atoms with van der Waals surface area (Å²) in [7, 11) is -4.18. The van der Waals surface area contributed by atoms with Gasteiger partial charge in [0, 0.05) is 0 Å². The van der Waals surface area contributed by atoms with E-state index in [4.69, 9.17) is 22.4 Å². The summed E-state index contributed by atoms with van der Waals surface area (Å²) < 4.78 is 29.7. The van der Waals surface area contributed by atoms with Gasteiger partial charge in [0.25, 0.3) is 0 Å². The van der Waals surface area contributed by atoms with E-state index in [1.54, 1.807) is 0 Å². The van der Waals surface area contributed by atoms with Gasteiger partial charge in [-0.05, 0) is 0 Å². The van der Waals surface area contributed by atoms with Gasteiger partial charge in [-0.15, -0.1) is 0 Å². The molecule has 0 saturated heterocycles.